The van der Waals surface area contributed by atoms with E-state index in [0.717, 1.165) is 5.82 Å². The van der Waals surface area contributed by atoms with E-state index in [-0.39, 0.29) is 17.3 Å². The number of imidazole rings is 1. The summed E-state index contributed by atoms with van der Waals surface area (Å²) in [6.07, 6.45) is 0. The molecule has 0 radical (unpaired) electrons. The molecule has 1 aromatic heterocycles. The molecule has 0 aliphatic rings. The van der Waals surface area contributed by atoms with Gasteiger partial charge in [-0.05, 0) is 32.0 Å². The highest BCUT2D eigenvalue weighted by Crippen LogP contribution is 2.37. The number of aromatic nitrogens is 2. The highest BCUT2D eigenvalue weighted by Gasteiger charge is 2.27. The Bertz CT molecular complexity index is 669. The first-order chi connectivity index (χ1) is 9.62. The lowest BCUT2D eigenvalue weighted by molar-refractivity contribution is 0.473. The first-order valence-corrected chi connectivity index (χ1v) is 7.34. The normalized spacial score (nSPS) is 12.2. The number of benzene rings is 1. The molecule has 3 nitrogen and oxygen atoms in total. The number of halogens is 2. The van der Waals surface area contributed by atoms with Crippen molar-refractivity contribution in [1.29, 1.82) is 0 Å². The lowest BCUT2D eigenvalue weighted by atomic mass is 9.95. The van der Waals surface area contributed by atoms with Crippen molar-refractivity contribution in [3.8, 4) is 11.3 Å². The maximum atomic E-state index is 13.2. The Hall–Kier alpha value is -1.55. The van der Waals surface area contributed by atoms with E-state index in [0.29, 0.717) is 22.1 Å². The number of rotatable bonds is 2. The van der Waals surface area contributed by atoms with Gasteiger partial charge in [0.2, 0.25) is 0 Å². The molecule has 0 amide bonds. The van der Waals surface area contributed by atoms with Gasteiger partial charge < -0.3 is 10.3 Å². The largest absolute Gasteiger partial charge is 0.383 e. The molecule has 0 spiro atoms. The predicted molar refractivity (Wildman–Crippen MR) is 86.1 cm³/mol. The SMILES string of the molecule is CC(C)n1c(C(C)(C)C)nc(-c2ccc(F)cc2Cl)c1N. The molecule has 0 bridgehead atoms. The lowest BCUT2D eigenvalue weighted by Crippen LogP contribution is -2.21. The minimum atomic E-state index is -0.373. The van der Waals surface area contributed by atoms with Gasteiger partial charge in [0.1, 0.15) is 23.2 Å². The molecule has 0 fully saturated rings. The van der Waals surface area contributed by atoms with Crippen molar-refractivity contribution in [3.63, 3.8) is 0 Å². The topological polar surface area (TPSA) is 43.8 Å². The predicted octanol–water partition coefficient (Wildman–Crippen LogP) is 4.80. The third-order valence-electron chi connectivity index (χ3n) is 3.32. The maximum Gasteiger partial charge on any atom is 0.132 e. The molecule has 0 saturated heterocycles. The van der Waals surface area contributed by atoms with Crippen LogP contribution in [0, 0.1) is 5.82 Å². The van der Waals surface area contributed by atoms with Crippen molar-refractivity contribution < 1.29 is 4.39 Å². The fourth-order valence-corrected chi connectivity index (χ4v) is 2.63. The van der Waals surface area contributed by atoms with E-state index in [9.17, 15) is 4.39 Å². The summed E-state index contributed by atoms with van der Waals surface area (Å²) >= 11 is 6.15. The molecule has 0 aliphatic carbocycles. The van der Waals surface area contributed by atoms with Gasteiger partial charge in [0.25, 0.3) is 0 Å². The molecule has 0 saturated carbocycles. The van der Waals surface area contributed by atoms with Crippen molar-refractivity contribution in [2.75, 3.05) is 5.73 Å². The zero-order valence-corrected chi connectivity index (χ0v) is 13.8. The fourth-order valence-electron chi connectivity index (χ4n) is 2.38. The van der Waals surface area contributed by atoms with Gasteiger partial charge >= 0.3 is 0 Å². The summed E-state index contributed by atoms with van der Waals surface area (Å²) in [5.41, 5.74) is 7.40. The van der Waals surface area contributed by atoms with Crippen LogP contribution in [-0.4, -0.2) is 9.55 Å². The summed E-state index contributed by atoms with van der Waals surface area (Å²) in [6, 6.07) is 4.44. The summed E-state index contributed by atoms with van der Waals surface area (Å²) in [7, 11) is 0. The van der Waals surface area contributed by atoms with Crippen LogP contribution in [0.5, 0.6) is 0 Å². The van der Waals surface area contributed by atoms with Gasteiger partial charge in [0, 0.05) is 17.0 Å². The average molecular weight is 310 g/mol. The van der Waals surface area contributed by atoms with Gasteiger partial charge in [-0.2, -0.15) is 0 Å². The van der Waals surface area contributed by atoms with Crippen LogP contribution in [0.25, 0.3) is 11.3 Å². The number of hydrogen-bond donors (Lipinski definition) is 1. The lowest BCUT2D eigenvalue weighted by Gasteiger charge is -2.22. The second-order valence-corrected chi connectivity index (χ2v) is 6.91. The van der Waals surface area contributed by atoms with E-state index in [2.05, 4.69) is 34.6 Å². The fraction of sp³-hybridized carbons (Fsp3) is 0.438. The van der Waals surface area contributed by atoms with Gasteiger partial charge in [-0.25, -0.2) is 9.37 Å². The van der Waals surface area contributed by atoms with Gasteiger partial charge in [-0.15, -0.1) is 0 Å². The van der Waals surface area contributed by atoms with E-state index in [4.69, 9.17) is 22.3 Å². The zero-order valence-electron chi connectivity index (χ0n) is 13.0. The van der Waals surface area contributed by atoms with Crippen molar-refractivity contribution in [2.24, 2.45) is 0 Å². The van der Waals surface area contributed by atoms with Gasteiger partial charge in [-0.1, -0.05) is 32.4 Å². The van der Waals surface area contributed by atoms with Crippen LogP contribution in [0.2, 0.25) is 5.02 Å². The van der Waals surface area contributed by atoms with Crippen LogP contribution in [0.15, 0.2) is 18.2 Å². The third kappa shape index (κ3) is 2.91. The van der Waals surface area contributed by atoms with E-state index < -0.39 is 0 Å². The van der Waals surface area contributed by atoms with Crippen LogP contribution >= 0.6 is 11.6 Å². The molecular formula is C16H21ClFN3. The Morgan fingerprint density at radius 1 is 1.29 bits per heavy atom. The van der Waals surface area contributed by atoms with E-state index in [1.165, 1.54) is 12.1 Å². The van der Waals surface area contributed by atoms with Crippen LogP contribution in [0.4, 0.5) is 10.2 Å². The molecule has 21 heavy (non-hydrogen) atoms. The smallest absolute Gasteiger partial charge is 0.132 e. The van der Waals surface area contributed by atoms with Crippen molar-refractivity contribution >= 4 is 17.4 Å². The summed E-state index contributed by atoms with van der Waals surface area (Å²) in [5.74, 6) is 1.08. The van der Waals surface area contributed by atoms with Crippen molar-refractivity contribution in [2.45, 2.75) is 46.1 Å². The molecular weight excluding hydrogens is 289 g/mol. The zero-order chi connectivity index (χ0) is 15.9. The highest BCUT2D eigenvalue weighted by molar-refractivity contribution is 6.33. The number of hydrogen-bond acceptors (Lipinski definition) is 2. The molecule has 2 rings (SSSR count). The highest BCUT2D eigenvalue weighted by atomic mass is 35.5. The number of nitrogens with zero attached hydrogens (tertiary/aromatic N) is 2. The van der Waals surface area contributed by atoms with Crippen molar-refractivity contribution in [3.05, 3.63) is 34.9 Å². The second kappa shape index (κ2) is 5.34. The van der Waals surface area contributed by atoms with E-state index in [1.807, 2.05) is 4.57 Å². The molecule has 114 valence electrons. The van der Waals surface area contributed by atoms with Gasteiger partial charge in [-0.3, -0.25) is 0 Å². The molecule has 0 atom stereocenters. The molecule has 0 unspecified atom stereocenters. The number of nitrogens with two attached hydrogens (primary N) is 1. The molecule has 1 aromatic carbocycles. The summed E-state index contributed by atoms with van der Waals surface area (Å²) < 4.78 is 15.2. The average Bonchev–Trinajstić information content (AvgIpc) is 2.67. The molecule has 2 N–H and O–H groups in total. The van der Waals surface area contributed by atoms with Crippen LogP contribution in [0.3, 0.4) is 0 Å². The summed E-state index contributed by atoms with van der Waals surface area (Å²) in [6.45, 7) is 10.4. The molecule has 0 aliphatic heterocycles. The quantitative estimate of drug-likeness (QED) is 0.865. The van der Waals surface area contributed by atoms with Gasteiger partial charge in [0.05, 0.1) is 5.02 Å². The monoisotopic (exact) mass is 309 g/mol. The van der Waals surface area contributed by atoms with Crippen LogP contribution in [0.1, 0.15) is 46.5 Å². The van der Waals surface area contributed by atoms with Crippen molar-refractivity contribution in [1.82, 2.24) is 9.55 Å². The van der Waals surface area contributed by atoms with E-state index in [1.54, 1.807) is 6.07 Å². The van der Waals surface area contributed by atoms with E-state index >= 15 is 0 Å². The number of nitrogen functional groups attached to an aromatic ring is 1. The first kappa shape index (κ1) is 15.8. The third-order valence-corrected chi connectivity index (χ3v) is 3.63. The second-order valence-electron chi connectivity index (χ2n) is 6.51. The first-order valence-electron chi connectivity index (χ1n) is 6.96. The minimum Gasteiger partial charge on any atom is -0.383 e. The van der Waals surface area contributed by atoms with Crippen LogP contribution < -0.4 is 5.73 Å². The summed E-state index contributed by atoms with van der Waals surface area (Å²) in [5, 5.41) is 0.315. The summed E-state index contributed by atoms with van der Waals surface area (Å²) in [4.78, 5) is 4.69. The Morgan fingerprint density at radius 3 is 2.33 bits per heavy atom. The molecule has 5 heteroatoms. The Labute approximate surface area is 129 Å². The maximum absolute atomic E-state index is 13.2. The Kier molecular flexibility index (Phi) is 4.02. The number of anilines is 1. The molecule has 1 heterocycles. The Balaban J connectivity index is 2.71. The molecule has 2 aromatic rings. The Morgan fingerprint density at radius 2 is 1.90 bits per heavy atom. The minimum absolute atomic E-state index is 0.150. The van der Waals surface area contributed by atoms with Gasteiger partial charge in [0.15, 0.2) is 0 Å². The van der Waals surface area contributed by atoms with Crippen LogP contribution in [-0.2, 0) is 5.41 Å². The standard InChI is InChI=1S/C16H21ClFN3/c1-9(2)21-14(19)13(20-15(21)16(3,4)5)11-7-6-10(18)8-12(11)17/h6-9H,19H2,1-5H3.